The Morgan fingerprint density at radius 2 is 2.20 bits per heavy atom. The summed E-state index contributed by atoms with van der Waals surface area (Å²) >= 11 is 6.23. The van der Waals surface area contributed by atoms with Crippen molar-refractivity contribution in [3.63, 3.8) is 0 Å². The highest BCUT2D eigenvalue weighted by atomic mass is 35.5. The minimum absolute atomic E-state index is 0.148. The average molecular weight is 363 g/mol. The van der Waals surface area contributed by atoms with E-state index in [2.05, 4.69) is 21.5 Å². The molecule has 3 heterocycles. The van der Waals surface area contributed by atoms with Crippen molar-refractivity contribution in [2.24, 2.45) is 0 Å². The van der Waals surface area contributed by atoms with Crippen molar-refractivity contribution in [1.29, 1.82) is 0 Å². The van der Waals surface area contributed by atoms with E-state index >= 15 is 0 Å². The number of aryl methyl sites for hydroxylation is 2. The molecule has 6 nitrogen and oxygen atoms in total. The van der Waals surface area contributed by atoms with Gasteiger partial charge in [-0.05, 0) is 39.2 Å². The number of rotatable bonds is 3. The predicted molar refractivity (Wildman–Crippen MR) is 97.3 cm³/mol. The number of aromatic amines is 1. The van der Waals surface area contributed by atoms with Crippen molar-refractivity contribution in [3.05, 3.63) is 50.4 Å². The summed E-state index contributed by atoms with van der Waals surface area (Å²) in [5.41, 5.74) is 0.906. The first-order chi connectivity index (χ1) is 11.9. The number of piperidine rings is 1. The largest absolute Gasteiger partial charge is 0.338 e. The van der Waals surface area contributed by atoms with Gasteiger partial charge in [0.15, 0.2) is 0 Å². The quantitative estimate of drug-likeness (QED) is 0.912. The van der Waals surface area contributed by atoms with Crippen molar-refractivity contribution in [3.8, 4) is 0 Å². The van der Waals surface area contributed by atoms with Gasteiger partial charge in [0.25, 0.3) is 11.5 Å². The highest BCUT2D eigenvalue weighted by Gasteiger charge is 2.30. The van der Waals surface area contributed by atoms with Crippen LogP contribution >= 0.6 is 11.6 Å². The lowest BCUT2D eigenvalue weighted by Gasteiger charge is -2.33. The van der Waals surface area contributed by atoms with Gasteiger partial charge in [0.2, 0.25) is 0 Å². The van der Waals surface area contributed by atoms with Gasteiger partial charge in [0.05, 0.1) is 5.02 Å². The Kier molecular flexibility index (Phi) is 4.99. The van der Waals surface area contributed by atoms with Crippen LogP contribution in [0.2, 0.25) is 5.02 Å². The second-order valence-corrected chi connectivity index (χ2v) is 6.93. The van der Waals surface area contributed by atoms with E-state index in [1.807, 2.05) is 6.20 Å². The molecule has 0 spiro atoms. The Labute approximate surface area is 151 Å². The van der Waals surface area contributed by atoms with Crippen molar-refractivity contribution in [1.82, 2.24) is 19.4 Å². The summed E-state index contributed by atoms with van der Waals surface area (Å²) in [4.78, 5) is 34.2. The number of pyridine rings is 1. The van der Waals surface area contributed by atoms with E-state index in [0.717, 1.165) is 25.2 Å². The van der Waals surface area contributed by atoms with Crippen LogP contribution in [0.25, 0.3) is 0 Å². The fraction of sp³-hybridized carbons (Fsp3) is 0.500. The maximum Gasteiger partial charge on any atom is 0.261 e. The lowest BCUT2D eigenvalue weighted by molar-refractivity contribution is 0.0700. The van der Waals surface area contributed by atoms with E-state index in [-0.39, 0.29) is 22.9 Å². The third kappa shape index (κ3) is 3.23. The molecule has 0 aliphatic carbocycles. The molecule has 3 rings (SSSR count). The van der Waals surface area contributed by atoms with Gasteiger partial charge < -0.3 is 14.5 Å². The van der Waals surface area contributed by atoms with Crippen molar-refractivity contribution < 1.29 is 4.79 Å². The van der Waals surface area contributed by atoms with E-state index < -0.39 is 0 Å². The Balaban J connectivity index is 1.89. The molecule has 1 saturated heterocycles. The fourth-order valence-electron chi connectivity index (χ4n) is 3.58. The summed E-state index contributed by atoms with van der Waals surface area (Å²) in [6, 6.07) is 0. The Morgan fingerprint density at radius 1 is 1.44 bits per heavy atom. The van der Waals surface area contributed by atoms with Crippen LogP contribution in [-0.4, -0.2) is 38.4 Å². The molecule has 1 aliphatic rings. The molecule has 1 fully saturated rings. The van der Waals surface area contributed by atoms with E-state index in [4.69, 9.17) is 11.6 Å². The molecule has 1 unspecified atom stereocenters. The molecule has 25 heavy (non-hydrogen) atoms. The summed E-state index contributed by atoms with van der Waals surface area (Å²) in [5.74, 6) is 0.945. The van der Waals surface area contributed by atoms with Gasteiger partial charge >= 0.3 is 0 Å². The number of hydrogen-bond donors (Lipinski definition) is 1. The van der Waals surface area contributed by atoms with Gasteiger partial charge in [-0.2, -0.15) is 0 Å². The number of nitrogens with zero attached hydrogens (tertiary/aromatic N) is 3. The van der Waals surface area contributed by atoms with Gasteiger partial charge in [-0.1, -0.05) is 11.6 Å². The van der Waals surface area contributed by atoms with Crippen LogP contribution in [0.3, 0.4) is 0 Å². The molecule has 1 amide bonds. The van der Waals surface area contributed by atoms with E-state index in [0.29, 0.717) is 29.4 Å². The van der Waals surface area contributed by atoms with Gasteiger partial charge in [-0.25, -0.2) is 4.98 Å². The summed E-state index contributed by atoms with van der Waals surface area (Å²) in [6.07, 6.45) is 5.65. The number of halogens is 1. The number of carbonyl (C=O) groups is 1. The monoisotopic (exact) mass is 362 g/mol. The smallest absolute Gasteiger partial charge is 0.261 e. The number of carbonyl (C=O) groups excluding carboxylic acids is 1. The lowest BCUT2D eigenvalue weighted by atomic mass is 9.96. The molecule has 1 aliphatic heterocycles. The minimum atomic E-state index is -0.374. The summed E-state index contributed by atoms with van der Waals surface area (Å²) in [6.45, 7) is 7.60. The molecule has 0 saturated carbocycles. The number of aromatic nitrogens is 3. The molecular formula is C18H23ClN4O2. The van der Waals surface area contributed by atoms with Crippen molar-refractivity contribution in [2.45, 2.75) is 46.1 Å². The summed E-state index contributed by atoms with van der Waals surface area (Å²) in [5, 5.41) is 0.443. The highest BCUT2D eigenvalue weighted by Crippen LogP contribution is 2.28. The lowest BCUT2D eigenvalue weighted by Crippen LogP contribution is -2.42. The van der Waals surface area contributed by atoms with Crippen LogP contribution in [0, 0.1) is 13.8 Å². The molecule has 0 aromatic carbocycles. The Bertz CT molecular complexity index is 855. The molecule has 7 heteroatoms. The zero-order valence-electron chi connectivity index (χ0n) is 14.8. The average Bonchev–Trinajstić information content (AvgIpc) is 3.08. The van der Waals surface area contributed by atoms with Crippen molar-refractivity contribution >= 4 is 17.5 Å². The van der Waals surface area contributed by atoms with E-state index in [1.54, 1.807) is 24.9 Å². The predicted octanol–water partition coefficient (Wildman–Crippen LogP) is 2.88. The van der Waals surface area contributed by atoms with Crippen LogP contribution < -0.4 is 5.56 Å². The van der Waals surface area contributed by atoms with Crippen LogP contribution in [0.4, 0.5) is 0 Å². The summed E-state index contributed by atoms with van der Waals surface area (Å²) in [7, 11) is 0. The number of nitrogens with one attached hydrogen (secondary N) is 1. The molecule has 0 radical (unpaired) electrons. The molecule has 2 aromatic heterocycles. The number of amides is 1. The van der Waals surface area contributed by atoms with Crippen LogP contribution in [0.15, 0.2) is 17.2 Å². The molecular weight excluding hydrogens is 340 g/mol. The highest BCUT2D eigenvalue weighted by molar-refractivity contribution is 6.32. The molecule has 134 valence electrons. The SMILES string of the molecule is CCn1ccnc1C1CCCN(C(=O)c2c(C)c(Cl)c(C)[nH]c2=O)C1. The zero-order valence-corrected chi connectivity index (χ0v) is 15.6. The Morgan fingerprint density at radius 3 is 2.92 bits per heavy atom. The van der Waals surface area contributed by atoms with Gasteiger partial charge in [-0.15, -0.1) is 0 Å². The standard InChI is InChI=1S/C18H23ClN4O2/c1-4-22-9-7-20-16(22)13-6-5-8-23(10-13)18(25)14-11(2)15(19)12(3)21-17(14)24/h7,9,13H,4-6,8,10H2,1-3H3,(H,21,24). The summed E-state index contributed by atoms with van der Waals surface area (Å²) < 4.78 is 2.11. The second-order valence-electron chi connectivity index (χ2n) is 6.55. The first kappa shape index (κ1) is 17.7. The van der Waals surface area contributed by atoms with E-state index in [9.17, 15) is 9.59 Å². The van der Waals surface area contributed by atoms with E-state index in [1.165, 1.54) is 0 Å². The molecule has 0 bridgehead atoms. The molecule has 1 N–H and O–H groups in total. The Hall–Kier alpha value is -2.08. The second kappa shape index (κ2) is 7.04. The molecule has 1 atom stereocenters. The number of likely N-dealkylation sites (tertiary alicyclic amines) is 1. The van der Waals surface area contributed by atoms with Crippen LogP contribution in [0.1, 0.15) is 53.1 Å². The fourth-order valence-corrected chi connectivity index (χ4v) is 3.73. The van der Waals surface area contributed by atoms with Gasteiger partial charge in [0, 0.05) is 43.6 Å². The number of H-pyrrole nitrogens is 1. The topological polar surface area (TPSA) is 71.0 Å². The first-order valence-corrected chi connectivity index (χ1v) is 9.01. The number of hydrogen-bond acceptors (Lipinski definition) is 3. The maximum absolute atomic E-state index is 13.0. The normalized spacial score (nSPS) is 17.8. The number of imidazole rings is 1. The van der Waals surface area contributed by atoms with Gasteiger partial charge in [0.1, 0.15) is 11.4 Å². The minimum Gasteiger partial charge on any atom is -0.338 e. The van der Waals surface area contributed by atoms with Crippen LogP contribution in [-0.2, 0) is 6.54 Å². The third-order valence-corrected chi connectivity index (χ3v) is 5.50. The molecule has 2 aromatic rings. The van der Waals surface area contributed by atoms with Crippen molar-refractivity contribution in [2.75, 3.05) is 13.1 Å². The van der Waals surface area contributed by atoms with Gasteiger partial charge in [-0.3, -0.25) is 9.59 Å². The maximum atomic E-state index is 13.0. The first-order valence-electron chi connectivity index (χ1n) is 8.63. The van der Waals surface area contributed by atoms with Crippen LogP contribution in [0.5, 0.6) is 0 Å². The zero-order chi connectivity index (χ0) is 18.1. The third-order valence-electron chi connectivity index (χ3n) is 4.94.